The van der Waals surface area contributed by atoms with Crippen LogP contribution in [0.4, 0.5) is 5.69 Å². The minimum absolute atomic E-state index is 0.0605. The summed E-state index contributed by atoms with van der Waals surface area (Å²) in [6.07, 6.45) is 4.18. The molecule has 1 aliphatic rings. The van der Waals surface area contributed by atoms with Crippen molar-refractivity contribution in [2.24, 2.45) is 0 Å². The number of nitrogens with one attached hydrogen (secondary N) is 1. The van der Waals surface area contributed by atoms with Gasteiger partial charge >= 0.3 is 0 Å². The number of carbonyl (C=O) groups excluding carboxylic acids is 1. The van der Waals surface area contributed by atoms with Crippen LogP contribution < -0.4 is 5.32 Å². The van der Waals surface area contributed by atoms with Crippen molar-refractivity contribution in [3.05, 3.63) is 53.5 Å². The molecule has 1 saturated heterocycles. The molecule has 1 aliphatic heterocycles. The van der Waals surface area contributed by atoms with Gasteiger partial charge in [-0.05, 0) is 68.6 Å². The number of carbonyl (C=O) groups is 1. The van der Waals surface area contributed by atoms with E-state index in [1.807, 2.05) is 47.9 Å². The first kappa shape index (κ1) is 18.5. The van der Waals surface area contributed by atoms with Crippen LogP contribution in [0.2, 0.25) is 0 Å². The second kappa shape index (κ2) is 8.42. The Morgan fingerprint density at radius 2 is 1.93 bits per heavy atom. The summed E-state index contributed by atoms with van der Waals surface area (Å²) in [4.78, 5) is 20.6. The molecule has 0 radical (unpaired) electrons. The summed E-state index contributed by atoms with van der Waals surface area (Å²) >= 11 is 3.51. The maximum Gasteiger partial charge on any atom is 0.238 e. The number of hydrogen-bond donors (Lipinski definition) is 1. The van der Waals surface area contributed by atoms with Gasteiger partial charge in [0.25, 0.3) is 0 Å². The number of hydrogen-bond acceptors (Lipinski definition) is 5. The maximum absolute atomic E-state index is 12.3. The topological polar surface area (TPSA) is 45.2 Å². The molecule has 0 spiro atoms. The zero-order valence-corrected chi connectivity index (χ0v) is 17.0. The molecule has 27 heavy (non-hydrogen) atoms. The molecule has 0 unspecified atom stereocenters. The number of rotatable bonds is 5. The zero-order chi connectivity index (χ0) is 18.6. The lowest BCUT2D eigenvalue weighted by atomic mass is 9.97. The summed E-state index contributed by atoms with van der Waals surface area (Å²) in [7, 11) is 0. The predicted octanol–water partition coefficient (Wildman–Crippen LogP) is 4.84. The molecule has 1 N–H and O–H groups in total. The Labute approximate surface area is 168 Å². The molecule has 0 saturated carbocycles. The fourth-order valence-corrected chi connectivity index (χ4v) is 5.03. The Bertz CT molecular complexity index is 882. The number of piperidine rings is 1. The van der Waals surface area contributed by atoms with Crippen LogP contribution in [0.25, 0.3) is 10.2 Å². The number of thiazole rings is 1. The summed E-state index contributed by atoms with van der Waals surface area (Å²) in [6, 6.07) is 16.3. The van der Waals surface area contributed by atoms with E-state index in [0.717, 1.165) is 37.1 Å². The highest BCUT2D eigenvalue weighted by Gasteiger charge is 2.24. The van der Waals surface area contributed by atoms with Crippen molar-refractivity contribution >= 4 is 44.9 Å². The van der Waals surface area contributed by atoms with Gasteiger partial charge in [-0.25, -0.2) is 4.98 Å². The van der Waals surface area contributed by atoms with Crippen LogP contribution in [0.15, 0.2) is 53.4 Å². The van der Waals surface area contributed by atoms with Crippen molar-refractivity contribution in [3.8, 4) is 0 Å². The third-order valence-corrected chi connectivity index (χ3v) is 6.93. The van der Waals surface area contributed by atoms with Crippen molar-refractivity contribution < 1.29 is 4.79 Å². The number of fused-ring (bicyclic) bond motifs is 1. The molecule has 140 valence electrons. The number of nitrogens with zero attached hydrogens (tertiary/aromatic N) is 2. The van der Waals surface area contributed by atoms with E-state index in [2.05, 4.69) is 28.4 Å². The molecule has 0 bridgehead atoms. The Morgan fingerprint density at radius 1 is 1.19 bits per heavy atom. The van der Waals surface area contributed by atoms with E-state index in [4.69, 9.17) is 4.98 Å². The molecule has 4 rings (SSSR count). The van der Waals surface area contributed by atoms with Gasteiger partial charge in [-0.3, -0.25) is 9.69 Å². The first-order valence-electron chi connectivity index (χ1n) is 9.23. The first-order valence-corrected chi connectivity index (χ1v) is 11.3. The number of likely N-dealkylation sites (tertiary alicyclic amines) is 1. The average Bonchev–Trinajstić information content (AvgIpc) is 3.13. The lowest BCUT2D eigenvalue weighted by molar-refractivity contribution is -0.117. The highest BCUT2D eigenvalue weighted by atomic mass is 32.2. The Morgan fingerprint density at radius 3 is 2.63 bits per heavy atom. The van der Waals surface area contributed by atoms with Crippen molar-refractivity contribution in [1.29, 1.82) is 0 Å². The molecule has 3 aromatic rings. The largest absolute Gasteiger partial charge is 0.325 e. The number of para-hydroxylation sites is 1. The fourth-order valence-electron chi connectivity index (χ4n) is 3.48. The molecule has 0 atom stereocenters. The number of thioether (sulfide) groups is 1. The minimum atomic E-state index is 0.0605. The van der Waals surface area contributed by atoms with Gasteiger partial charge in [-0.1, -0.05) is 12.1 Å². The molecule has 1 amide bonds. The van der Waals surface area contributed by atoms with Crippen LogP contribution in [0, 0.1) is 0 Å². The van der Waals surface area contributed by atoms with Gasteiger partial charge in [0.2, 0.25) is 5.91 Å². The van der Waals surface area contributed by atoms with Crippen LogP contribution in [0.3, 0.4) is 0 Å². The van der Waals surface area contributed by atoms with Gasteiger partial charge in [0.05, 0.1) is 21.8 Å². The summed E-state index contributed by atoms with van der Waals surface area (Å²) < 4.78 is 1.27. The monoisotopic (exact) mass is 397 g/mol. The maximum atomic E-state index is 12.3. The van der Waals surface area contributed by atoms with Crippen molar-refractivity contribution in [3.63, 3.8) is 0 Å². The van der Waals surface area contributed by atoms with Gasteiger partial charge in [0.1, 0.15) is 0 Å². The minimum Gasteiger partial charge on any atom is -0.325 e. The van der Waals surface area contributed by atoms with Gasteiger partial charge < -0.3 is 5.32 Å². The third-order valence-electron chi connectivity index (χ3n) is 4.99. The molecule has 1 fully saturated rings. The van der Waals surface area contributed by atoms with Gasteiger partial charge in [-0.15, -0.1) is 23.1 Å². The predicted molar refractivity (Wildman–Crippen MR) is 115 cm³/mol. The molecule has 4 nitrogen and oxygen atoms in total. The SMILES string of the molecule is CSc1ccc(NC(=O)CN2CCC(c3nc4ccccc4s3)CC2)cc1. The smallest absolute Gasteiger partial charge is 0.238 e. The Kier molecular flexibility index (Phi) is 5.76. The van der Waals surface area contributed by atoms with Crippen molar-refractivity contribution in [2.45, 2.75) is 23.7 Å². The van der Waals surface area contributed by atoms with E-state index >= 15 is 0 Å². The summed E-state index contributed by atoms with van der Waals surface area (Å²) in [6.45, 7) is 2.34. The van der Waals surface area contributed by atoms with E-state index in [1.165, 1.54) is 14.6 Å². The number of amides is 1. The van der Waals surface area contributed by atoms with E-state index in [1.54, 1.807) is 11.8 Å². The zero-order valence-electron chi connectivity index (χ0n) is 15.4. The van der Waals surface area contributed by atoms with E-state index in [0.29, 0.717) is 12.5 Å². The van der Waals surface area contributed by atoms with E-state index in [9.17, 15) is 4.79 Å². The summed E-state index contributed by atoms with van der Waals surface area (Å²) in [5.74, 6) is 0.575. The highest BCUT2D eigenvalue weighted by Crippen LogP contribution is 2.33. The van der Waals surface area contributed by atoms with Crippen molar-refractivity contribution in [2.75, 3.05) is 31.2 Å². The molecule has 0 aliphatic carbocycles. The third kappa shape index (κ3) is 4.51. The van der Waals surface area contributed by atoms with Gasteiger partial charge in [0.15, 0.2) is 0 Å². The standard InChI is InChI=1S/C21H23N3OS2/c1-26-17-8-6-16(7-9-17)22-20(25)14-24-12-10-15(11-13-24)21-23-18-4-2-3-5-19(18)27-21/h2-9,15H,10-14H2,1H3,(H,22,25). The fraction of sp³-hybridized carbons (Fsp3) is 0.333. The Balaban J connectivity index is 1.29. The van der Waals surface area contributed by atoms with Crippen LogP contribution >= 0.6 is 23.1 Å². The van der Waals surface area contributed by atoms with E-state index < -0.39 is 0 Å². The average molecular weight is 398 g/mol. The normalized spacial score (nSPS) is 15.9. The molecule has 2 aromatic carbocycles. The number of anilines is 1. The Hall–Kier alpha value is -1.89. The van der Waals surface area contributed by atoms with Crippen LogP contribution in [0.1, 0.15) is 23.8 Å². The summed E-state index contributed by atoms with van der Waals surface area (Å²) in [5.41, 5.74) is 1.97. The van der Waals surface area contributed by atoms with E-state index in [-0.39, 0.29) is 5.91 Å². The number of aromatic nitrogens is 1. The van der Waals surface area contributed by atoms with Crippen LogP contribution in [-0.2, 0) is 4.79 Å². The highest BCUT2D eigenvalue weighted by molar-refractivity contribution is 7.98. The summed E-state index contributed by atoms with van der Waals surface area (Å²) in [5, 5.41) is 4.25. The van der Waals surface area contributed by atoms with Gasteiger partial charge in [0, 0.05) is 16.5 Å². The number of benzene rings is 2. The quantitative estimate of drug-likeness (QED) is 0.626. The lowest BCUT2D eigenvalue weighted by Gasteiger charge is -2.30. The van der Waals surface area contributed by atoms with Crippen molar-refractivity contribution in [1.82, 2.24) is 9.88 Å². The second-order valence-electron chi connectivity index (χ2n) is 6.85. The lowest BCUT2D eigenvalue weighted by Crippen LogP contribution is -2.38. The first-order chi connectivity index (χ1) is 13.2. The molecular weight excluding hydrogens is 374 g/mol. The van der Waals surface area contributed by atoms with Gasteiger partial charge in [-0.2, -0.15) is 0 Å². The molecule has 2 heterocycles. The second-order valence-corrected chi connectivity index (χ2v) is 8.79. The molecular formula is C21H23N3OS2. The van der Waals surface area contributed by atoms with Crippen LogP contribution in [0.5, 0.6) is 0 Å². The molecule has 6 heteroatoms. The molecule has 1 aromatic heterocycles. The van der Waals surface area contributed by atoms with Crippen LogP contribution in [-0.4, -0.2) is 41.7 Å².